The quantitative estimate of drug-likeness (QED) is 0.610. The summed E-state index contributed by atoms with van der Waals surface area (Å²) in [5.74, 6) is -0.0325. The van der Waals surface area contributed by atoms with Crippen molar-refractivity contribution in [3.05, 3.63) is 35.3 Å². The molecular formula is C18H31NO3. The number of methoxy groups -OCH3 is 1. The minimum Gasteiger partial charge on any atom is -0.497 e. The average molecular weight is 309 g/mol. The molecule has 0 amide bonds. The molecule has 4 nitrogen and oxygen atoms in total. The van der Waals surface area contributed by atoms with E-state index in [9.17, 15) is 4.79 Å². The molecule has 0 bridgehead atoms. The molecule has 1 aliphatic rings. The summed E-state index contributed by atoms with van der Waals surface area (Å²) in [6, 6.07) is 0. The zero-order valence-corrected chi connectivity index (χ0v) is 14.8. The summed E-state index contributed by atoms with van der Waals surface area (Å²) in [7, 11) is 1.66. The second-order valence-corrected chi connectivity index (χ2v) is 5.12. The van der Waals surface area contributed by atoms with Crippen LogP contribution in [-0.2, 0) is 9.53 Å². The van der Waals surface area contributed by atoms with Gasteiger partial charge >= 0.3 is 5.97 Å². The largest absolute Gasteiger partial charge is 0.497 e. The topological polar surface area (TPSA) is 49.8 Å². The van der Waals surface area contributed by atoms with E-state index in [4.69, 9.17) is 9.84 Å². The summed E-state index contributed by atoms with van der Waals surface area (Å²) in [6.45, 7) is 11.7. The van der Waals surface area contributed by atoms with Gasteiger partial charge in [0.2, 0.25) is 0 Å². The number of allylic oxidation sites excluding steroid dienone is 5. The lowest BCUT2D eigenvalue weighted by molar-refractivity contribution is -0.143. The second kappa shape index (κ2) is 10.9. The normalized spacial score (nSPS) is 17.7. The van der Waals surface area contributed by atoms with Gasteiger partial charge in [-0.3, -0.25) is 4.79 Å². The highest BCUT2D eigenvalue weighted by molar-refractivity contribution is 5.70. The smallest absolute Gasteiger partial charge is 0.306 e. The first-order chi connectivity index (χ1) is 10.5. The Morgan fingerprint density at radius 1 is 1.23 bits per heavy atom. The lowest BCUT2D eigenvalue weighted by atomic mass is 9.96. The van der Waals surface area contributed by atoms with Crippen LogP contribution in [0.5, 0.6) is 0 Å². The van der Waals surface area contributed by atoms with E-state index in [1.54, 1.807) is 7.11 Å². The van der Waals surface area contributed by atoms with Gasteiger partial charge < -0.3 is 14.7 Å². The molecule has 0 atom stereocenters. The van der Waals surface area contributed by atoms with Crippen LogP contribution in [0, 0.1) is 5.92 Å². The SMILES string of the molecule is CC.C\C=C/C(=C\C(C)=C(/C)N1CCC(C(=O)O)CC1)OC. The number of hydrogen-bond donors (Lipinski definition) is 1. The number of rotatable bonds is 5. The Morgan fingerprint density at radius 2 is 1.77 bits per heavy atom. The molecule has 1 N–H and O–H groups in total. The molecule has 1 fully saturated rings. The third-order valence-corrected chi connectivity index (χ3v) is 3.81. The Kier molecular flexibility index (Phi) is 10.1. The summed E-state index contributed by atoms with van der Waals surface area (Å²) in [5, 5.41) is 9.02. The van der Waals surface area contributed by atoms with Gasteiger partial charge in [-0.15, -0.1) is 0 Å². The molecule has 0 unspecified atom stereocenters. The molecule has 126 valence electrons. The summed E-state index contributed by atoms with van der Waals surface area (Å²) >= 11 is 0. The third-order valence-electron chi connectivity index (χ3n) is 3.81. The lowest BCUT2D eigenvalue weighted by Gasteiger charge is -2.33. The van der Waals surface area contributed by atoms with E-state index in [0.717, 1.165) is 37.3 Å². The first kappa shape index (κ1) is 20.3. The molecule has 1 aliphatic heterocycles. The van der Waals surface area contributed by atoms with E-state index in [2.05, 4.69) is 18.7 Å². The molecule has 4 heteroatoms. The zero-order chi connectivity index (χ0) is 17.1. The third kappa shape index (κ3) is 6.37. The van der Waals surface area contributed by atoms with E-state index >= 15 is 0 Å². The van der Waals surface area contributed by atoms with Crippen molar-refractivity contribution in [2.75, 3.05) is 20.2 Å². The molecule has 1 rings (SSSR count). The van der Waals surface area contributed by atoms with Gasteiger partial charge in [0.1, 0.15) is 5.76 Å². The first-order valence-electron chi connectivity index (χ1n) is 8.03. The fourth-order valence-corrected chi connectivity index (χ4v) is 2.37. The van der Waals surface area contributed by atoms with Crippen molar-refractivity contribution in [2.24, 2.45) is 5.92 Å². The Morgan fingerprint density at radius 3 is 2.18 bits per heavy atom. The summed E-state index contributed by atoms with van der Waals surface area (Å²) in [6.07, 6.45) is 7.31. The van der Waals surface area contributed by atoms with Crippen LogP contribution in [0.15, 0.2) is 35.3 Å². The maximum Gasteiger partial charge on any atom is 0.306 e. The summed E-state index contributed by atoms with van der Waals surface area (Å²) in [5.41, 5.74) is 2.33. The molecule has 0 aliphatic carbocycles. The van der Waals surface area contributed by atoms with Gasteiger partial charge in [-0.25, -0.2) is 0 Å². The van der Waals surface area contributed by atoms with Gasteiger partial charge in [-0.05, 0) is 51.3 Å². The molecule has 1 saturated heterocycles. The first-order valence-corrected chi connectivity index (χ1v) is 8.03. The summed E-state index contributed by atoms with van der Waals surface area (Å²) in [4.78, 5) is 13.2. The molecule has 0 spiro atoms. The number of carbonyl (C=O) groups is 1. The average Bonchev–Trinajstić information content (AvgIpc) is 2.55. The van der Waals surface area contributed by atoms with Crippen LogP contribution in [0.3, 0.4) is 0 Å². The molecule has 0 aromatic rings. The van der Waals surface area contributed by atoms with Crippen molar-refractivity contribution in [3.8, 4) is 0 Å². The number of piperidine rings is 1. The monoisotopic (exact) mass is 309 g/mol. The van der Waals surface area contributed by atoms with Gasteiger partial charge in [0, 0.05) is 18.8 Å². The van der Waals surface area contributed by atoms with Crippen molar-refractivity contribution in [3.63, 3.8) is 0 Å². The molecule has 0 aromatic heterocycles. The number of ether oxygens (including phenoxy) is 1. The molecule has 22 heavy (non-hydrogen) atoms. The minimum atomic E-state index is -0.669. The van der Waals surface area contributed by atoms with Crippen molar-refractivity contribution in [2.45, 2.75) is 47.5 Å². The van der Waals surface area contributed by atoms with Crippen molar-refractivity contribution in [1.29, 1.82) is 0 Å². The van der Waals surface area contributed by atoms with E-state index in [1.807, 2.05) is 39.0 Å². The molecule has 0 aromatic carbocycles. The number of nitrogens with zero attached hydrogens (tertiary/aromatic N) is 1. The van der Waals surface area contributed by atoms with Crippen LogP contribution in [0.2, 0.25) is 0 Å². The molecular weight excluding hydrogens is 278 g/mol. The maximum atomic E-state index is 11.0. The van der Waals surface area contributed by atoms with Crippen molar-refractivity contribution in [1.82, 2.24) is 4.90 Å². The Hall–Kier alpha value is -1.71. The maximum absolute atomic E-state index is 11.0. The Labute approximate surface area is 135 Å². The van der Waals surface area contributed by atoms with E-state index in [1.165, 1.54) is 5.70 Å². The number of carboxylic acids is 1. The van der Waals surface area contributed by atoms with Gasteiger partial charge in [0.05, 0.1) is 13.0 Å². The number of hydrogen-bond acceptors (Lipinski definition) is 3. The Balaban J connectivity index is 0.00000211. The molecule has 0 radical (unpaired) electrons. The molecule has 0 saturated carbocycles. The number of aliphatic carboxylic acids is 1. The van der Waals surface area contributed by atoms with E-state index < -0.39 is 5.97 Å². The molecule has 1 heterocycles. The van der Waals surface area contributed by atoms with Gasteiger partial charge in [-0.2, -0.15) is 0 Å². The highest BCUT2D eigenvalue weighted by Gasteiger charge is 2.24. The van der Waals surface area contributed by atoms with Crippen LogP contribution in [0.4, 0.5) is 0 Å². The van der Waals surface area contributed by atoms with Crippen molar-refractivity contribution >= 4 is 5.97 Å². The fraction of sp³-hybridized carbons (Fsp3) is 0.611. The van der Waals surface area contributed by atoms with Crippen LogP contribution in [-0.4, -0.2) is 36.2 Å². The Bertz CT molecular complexity index is 428. The zero-order valence-electron chi connectivity index (χ0n) is 14.8. The number of likely N-dealkylation sites (tertiary alicyclic amines) is 1. The predicted octanol–water partition coefficient (Wildman–Crippen LogP) is 4.21. The lowest BCUT2D eigenvalue weighted by Crippen LogP contribution is -2.35. The summed E-state index contributed by atoms with van der Waals surface area (Å²) < 4.78 is 5.29. The van der Waals surface area contributed by atoms with E-state index in [-0.39, 0.29) is 5.92 Å². The minimum absolute atomic E-state index is 0.188. The van der Waals surface area contributed by atoms with Gasteiger partial charge in [0.15, 0.2) is 0 Å². The van der Waals surface area contributed by atoms with E-state index in [0.29, 0.717) is 0 Å². The standard InChI is InChI=1S/C16H25NO3.C2H6/c1-5-6-15(20-4)11-12(2)13(3)17-9-7-14(8-10-17)16(18)19;1-2/h5-6,11,14H,7-10H2,1-4H3,(H,18,19);1-2H3/b6-5-,13-12+,15-11+;. The van der Waals surface area contributed by atoms with Crippen LogP contribution in [0.25, 0.3) is 0 Å². The highest BCUT2D eigenvalue weighted by atomic mass is 16.5. The number of carboxylic acid groups (broad SMARTS) is 1. The van der Waals surface area contributed by atoms with Crippen LogP contribution < -0.4 is 0 Å². The van der Waals surface area contributed by atoms with Gasteiger partial charge in [-0.1, -0.05) is 19.9 Å². The van der Waals surface area contributed by atoms with Gasteiger partial charge in [0.25, 0.3) is 0 Å². The fourth-order valence-electron chi connectivity index (χ4n) is 2.37. The highest BCUT2D eigenvalue weighted by Crippen LogP contribution is 2.22. The van der Waals surface area contributed by atoms with Crippen LogP contribution in [0.1, 0.15) is 47.5 Å². The van der Waals surface area contributed by atoms with Crippen molar-refractivity contribution < 1.29 is 14.6 Å². The van der Waals surface area contributed by atoms with Crippen LogP contribution >= 0.6 is 0 Å². The predicted molar refractivity (Wildman–Crippen MR) is 91.6 cm³/mol. The second-order valence-electron chi connectivity index (χ2n) is 5.12.